The van der Waals surface area contributed by atoms with E-state index in [-0.39, 0.29) is 18.3 Å². The summed E-state index contributed by atoms with van der Waals surface area (Å²) in [5.74, 6) is 0.223. The average molecular weight is 581 g/mol. The molecule has 5 aromatic rings. The van der Waals surface area contributed by atoms with Gasteiger partial charge in [0, 0.05) is 16.0 Å². The molecule has 0 saturated carbocycles. The number of esters is 1. The minimum absolute atomic E-state index is 0.0380. The number of carbonyl (C=O) groups excluding carboxylic acids is 1. The van der Waals surface area contributed by atoms with Gasteiger partial charge in [0.2, 0.25) is 0 Å². The van der Waals surface area contributed by atoms with Gasteiger partial charge in [-0.1, -0.05) is 78.1 Å². The fraction of sp³-hybridized carbons (Fsp3) is 0.182. The molecular weight excluding hydrogens is 553 g/mol. The molecule has 0 fully saturated rings. The summed E-state index contributed by atoms with van der Waals surface area (Å²) >= 11 is 2.80. The molecule has 0 bridgehead atoms. The van der Waals surface area contributed by atoms with Crippen molar-refractivity contribution < 1.29 is 14.3 Å². The first-order valence-electron chi connectivity index (χ1n) is 13.5. The van der Waals surface area contributed by atoms with Crippen LogP contribution in [0.15, 0.2) is 99.6 Å². The molecule has 0 amide bonds. The topological polar surface area (TPSA) is 69.9 Å². The number of rotatable bonds is 7. The molecular formula is C33H28N2O4S2. The second-order valence-electron chi connectivity index (χ2n) is 9.81. The predicted octanol–water partition coefficient (Wildman–Crippen LogP) is 5.94. The normalized spacial score (nSPS) is 15.2. The Kier molecular flexibility index (Phi) is 7.43. The van der Waals surface area contributed by atoms with E-state index in [0.29, 0.717) is 26.4 Å². The van der Waals surface area contributed by atoms with Crippen molar-refractivity contribution in [3.05, 3.63) is 126 Å². The second-order valence-corrected chi connectivity index (χ2v) is 11.8. The molecule has 0 unspecified atom stereocenters. The standard InChI is InChI=1S/C33H28N2O4S2/c1-4-38-32(37)28-29(22-12-6-5-7-13-22)34-33-35(30(28)26-15-10-18-40-26)31(36)27(41-33)19-24-23-14-9-8-11-21(23)16-17-25(24)39-20(2)3/h5-20,30H,4H2,1-3H3/b27-19+/t30-/m1/s1. The first kappa shape index (κ1) is 26.9. The molecule has 41 heavy (non-hydrogen) atoms. The third-order valence-electron chi connectivity index (χ3n) is 6.76. The van der Waals surface area contributed by atoms with Crippen LogP contribution in [0.5, 0.6) is 5.75 Å². The number of hydrogen-bond donors (Lipinski definition) is 0. The van der Waals surface area contributed by atoms with Gasteiger partial charge in [-0.2, -0.15) is 0 Å². The third kappa shape index (κ3) is 5.05. The first-order chi connectivity index (χ1) is 20.0. The van der Waals surface area contributed by atoms with Gasteiger partial charge in [-0.3, -0.25) is 9.36 Å². The van der Waals surface area contributed by atoms with E-state index in [1.807, 2.05) is 104 Å². The van der Waals surface area contributed by atoms with Crippen molar-refractivity contribution in [1.29, 1.82) is 0 Å². The number of nitrogens with zero attached hydrogens (tertiary/aromatic N) is 2. The summed E-state index contributed by atoms with van der Waals surface area (Å²) in [4.78, 5) is 34.1. The maximum absolute atomic E-state index is 14.2. The molecule has 6 nitrogen and oxygen atoms in total. The molecule has 1 aliphatic rings. The lowest BCUT2D eigenvalue weighted by Gasteiger charge is -2.24. The number of thiophene rings is 1. The molecule has 0 aliphatic carbocycles. The number of aromatic nitrogens is 1. The van der Waals surface area contributed by atoms with E-state index in [1.165, 1.54) is 22.7 Å². The van der Waals surface area contributed by atoms with Crippen molar-refractivity contribution in [3.8, 4) is 5.75 Å². The maximum atomic E-state index is 14.2. The summed E-state index contributed by atoms with van der Waals surface area (Å²) in [5, 5.41) is 3.99. The zero-order chi connectivity index (χ0) is 28.5. The van der Waals surface area contributed by atoms with Crippen molar-refractivity contribution >= 4 is 51.2 Å². The number of carbonyl (C=O) groups is 1. The van der Waals surface area contributed by atoms with Gasteiger partial charge in [0.25, 0.3) is 5.56 Å². The Balaban J connectivity index is 1.65. The van der Waals surface area contributed by atoms with Gasteiger partial charge in [-0.25, -0.2) is 9.79 Å². The Morgan fingerprint density at radius 1 is 1.02 bits per heavy atom. The monoisotopic (exact) mass is 580 g/mol. The Bertz CT molecular complexity index is 1950. The molecule has 0 spiro atoms. The van der Waals surface area contributed by atoms with Gasteiger partial charge in [-0.15, -0.1) is 11.3 Å². The quantitative estimate of drug-likeness (QED) is 0.224. The highest BCUT2D eigenvalue weighted by molar-refractivity contribution is 7.10. The molecule has 3 aromatic carbocycles. The van der Waals surface area contributed by atoms with Crippen molar-refractivity contribution in [1.82, 2.24) is 4.57 Å². The van der Waals surface area contributed by atoms with Gasteiger partial charge in [0.05, 0.1) is 28.5 Å². The van der Waals surface area contributed by atoms with Gasteiger partial charge in [0.15, 0.2) is 4.80 Å². The Morgan fingerprint density at radius 2 is 1.80 bits per heavy atom. The average Bonchev–Trinajstić information content (AvgIpc) is 3.62. The Morgan fingerprint density at radius 3 is 2.54 bits per heavy atom. The highest BCUT2D eigenvalue weighted by Gasteiger charge is 2.35. The van der Waals surface area contributed by atoms with Crippen LogP contribution in [-0.4, -0.2) is 23.2 Å². The van der Waals surface area contributed by atoms with E-state index in [9.17, 15) is 9.59 Å². The van der Waals surface area contributed by atoms with Crippen LogP contribution in [0.3, 0.4) is 0 Å². The van der Waals surface area contributed by atoms with Crippen LogP contribution in [0.1, 0.15) is 42.8 Å². The molecule has 8 heteroatoms. The molecule has 0 radical (unpaired) electrons. The van der Waals surface area contributed by atoms with Gasteiger partial charge in [0.1, 0.15) is 11.8 Å². The molecule has 2 aromatic heterocycles. The molecule has 6 rings (SSSR count). The van der Waals surface area contributed by atoms with Crippen LogP contribution < -0.4 is 19.6 Å². The first-order valence-corrected chi connectivity index (χ1v) is 15.2. The molecule has 1 atom stereocenters. The maximum Gasteiger partial charge on any atom is 0.338 e. The van der Waals surface area contributed by atoms with Crippen molar-refractivity contribution in [2.24, 2.45) is 4.99 Å². The van der Waals surface area contributed by atoms with Crippen molar-refractivity contribution in [3.63, 3.8) is 0 Å². The molecule has 206 valence electrons. The Labute approximate surface area is 245 Å². The minimum Gasteiger partial charge on any atom is -0.490 e. The highest BCUT2D eigenvalue weighted by Crippen LogP contribution is 2.37. The van der Waals surface area contributed by atoms with Gasteiger partial charge >= 0.3 is 5.97 Å². The lowest BCUT2D eigenvalue weighted by atomic mass is 9.97. The third-order valence-corrected chi connectivity index (χ3v) is 8.66. The fourth-order valence-electron chi connectivity index (χ4n) is 5.07. The van der Waals surface area contributed by atoms with Crippen LogP contribution in [0, 0.1) is 0 Å². The van der Waals surface area contributed by atoms with E-state index in [0.717, 1.165) is 26.8 Å². The SMILES string of the molecule is CCOC(=O)C1=C(c2ccccc2)N=c2s/c(=C/c3c(OC(C)C)ccc4ccccc34)c(=O)n2[C@@H]1c1cccs1. The van der Waals surface area contributed by atoms with Crippen LogP contribution in [0.25, 0.3) is 22.5 Å². The van der Waals surface area contributed by atoms with Crippen LogP contribution in [0.4, 0.5) is 0 Å². The van der Waals surface area contributed by atoms with E-state index in [2.05, 4.69) is 0 Å². The summed E-state index contributed by atoms with van der Waals surface area (Å²) in [7, 11) is 0. The van der Waals surface area contributed by atoms with Crippen molar-refractivity contribution in [2.45, 2.75) is 32.9 Å². The zero-order valence-electron chi connectivity index (χ0n) is 22.9. The second kappa shape index (κ2) is 11.3. The molecule has 3 heterocycles. The van der Waals surface area contributed by atoms with Crippen LogP contribution >= 0.6 is 22.7 Å². The van der Waals surface area contributed by atoms with E-state index in [1.54, 1.807) is 11.5 Å². The molecule has 0 N–H and O–H groups in total. The van der Waals surface area contributed by atoms with Crippen LogP contribution in [-0.2, 0) is 9.53 Å². The number of thiazole rings is 1. The minimum atomic E-state index is -0.665. The summed E-state index contributed by atoms with van der Waals surface area (Å²) in [6.45, 7) is 5.95. The fourth-order valence-corrected chi connectivity index (χ4v) is 6.87. The number of hydrogen-bond acceptors (Lipinski definition) is 7. The summed E-state index contributed by atoms with van der Waals surface area (Å²) in [5.41, 5.74) is 2.28. The van der Waals surface area contributed by atoms with Gasteiger partial charge < -0.3 is 9.47 Å². The largest absolute Gasteiger partial charge is 0.490 e. The zero-order valence-corrected chi connectivity index (χ0v) is 24.5. The van der Waals surface area contributed by atoms with E-state index in [4.69, 9.17) is 14.5 Å². The van der Waals surface area contributed by atoms with Crippen molar-refractivity contribution in [2.75, 3.05) is 6.61 Å². The summed E-state index contributed by atoms with van der Waals surface area (Å²) < 4.78 is 13.8. The van der Waals surface area contributed by atoms with E-state index >= 15 is 0 Å². The molecule has 1 aliphatic heterocycles. The van der Waals surface area contributed by atoms with E-state index < -0.39 is 12.0 Å². The number of fused-ring (bicyclic) bond motifs is 2. The summed E-state index contributed by atoms with van der Waals surface area (Å²) in [6, 6.07) is 24.8. The highest BCUT2D eigenvalue weighted by atomic mass is 32.1. The number of benzene rings is 3. The van der Waals surface area contributed by atoms with Gasteiger partial charge in [-0.05, 0) is 55.1 Å². The van der Waals surface area contributed by atoms with Crippen LogP contribution in [0.2, 0.25) is 0 Å². The smallest absolute Gasteiger partial charge is 0.338 e. The lowest BCUT2D eigenvalue weighted by Crippen LogP contribution is -2.39. The summed E-state index contributed by atoms with van der Waals surface area (Å²) in [6.07, 6.45) is 1.86. The Hall–Kier alpha value is -4.27. The molecule has 0 saturated heterocycles. The predicted molar refractivity (Wildman–Crippen MR) is 165 cm³/mol. The number of ether oxygens (including phenoxy) is 2. The lowest BCUT2D eigenvalue weighted by molar-refractivity contribution is -0.138.